The SMILES string of the molecule is CNC(CSc1ccc(C)cc1)C1=CCCO1. The van der Waals surface area contributed by atoms with Gasteiger partial charge in [-0.3, -0.25) is 0 Å². The molecule has 1 atom stereocenters. The molecule has 3 heteroatoms. The van der Waals surface area contributed by atoms with Crippen molar-refractivity contribution < 1.29 is 4.74 Å². The van der Waals surface area contributed by atoms with E-state index in [0.717, 1.165) is 24.5 Å². The third-order valence-electron chi connectivity index (χ3n) is 2.86. The highest BCUT2D eigenvalue weighted by atomic mass is 32.2. The predicted octanol–water partition coefficient (Wildman–Crippen LogP) is 2.98. The van der Waals surface area contributed by atoms with E-state index in [0.29, 0.717) is 6.04 Å². The van der Waals surface area contributed by atoms with Gasteiger partial charge in [0, 0.05) is 17.1 Å². The number of hydrogen-bond donors (Lipinski definition) is 1. The molecular formula is C14H19NOS. The van der Waals surface area contributed by atoms with Crippen LogP contribution in [0.3, 0.4) is 0 Å². The lowest BCUT2D eigenvalue weighted by Gasteiger charge is -2.17. The van der Waals surface area contributed by atoms with Gasteiger partial charge >= 0.3 is 0 Å². The van der Waals surface area contributed by atoms with Gasteiger partial charge in [-0.15, -0.1) is 11.8 Å². The smallest absolute Gasteiger partial charge is 0.110 e. The number of thioether (sulfide) groups is 1. The number of benzene rings is 1. The van der Waals surface area contributed by atoms with Crippen molar-refractivity contribution in [3.63, 3.8) is 0 Å². The van der Waals surface area contributed by atoms with Gasteiger partial charge in [-0.05, 0) is 32.2 Å². The lowest BCUT2D eigenvalue weighted by molar-refractivity contribution is 0.222. The van der Waals surface area contributed by atoms with E-state index in [-0.39, 0.29) is 0 Å². The van der Waals surface area contributed by atoms with E-state index in [9.17, 15) is 0 Å². The molecule has 0 fully saturated rings. The first-order chi connectivity index (χ1) is 8.29. The third kappa shape index (κ3) is 3.51. The van der Waals surface area contributed by atoms with E-state index in [2.05, 4.69) is 42.6 Å². The van der Waals surface area contributed by atoms with Gasteiger partial charge in [0.2, 0.25) is 0 Å². The van der Waals surface area contributed by atoms with Crippen LogP contribution in [0.4, 0.5) is 0 Å². The first-order valence-corrected chi connectivity index (χ1v) is 6.98. The van der Waals surface area contributed by atoms with E-state index < -0.39 is 0 Å². The van der Waals surface area contributed by atoms with E-state index in [4.69, 9.17) is 4.74 Å². The van der Waals surface area contributed by atoms with Crippen LogP contribution in [-0.2, 0) is 4.74 Å². The molecule has 1 heterocycles. The van der Waals surface area contributed by atoms with Crippen molar-refractivity contribution in [1.82, 2.24) is 5.32 Å². The largest absolute Gasteiger partial charge is 0.496 e. The minimum absolute atomic E-state index is 0.323. The minimum Gasteiger partial charge on any atom is -0.496 e. The van der Waals surface area contributed by atoms with Gasteiger partial charge in [0.25, 0.3) is 0 Å². The molecule has 0 saturated carbocycles. The lowest BCUT2D eigenvalue weighted by Crippen LogP contribution is -2.30. The Morgan fingerprint density at radius 2 is 2.12 bits per heavy atom. The maximum Gasteiger partial charge on any atom is 0.110 e. The third-order valence-corrected chi connectivity index (χ3v) is 3.97. The molecule has 0 bridgehead atoms. The fourth-order valence-electron chi connectivity index (χ4n) is 1.80. The number of rotatable bonds is 5. The van der Waals surface area contributed by atoms with Gasteiger partial charge in [0.1, 0.15) is 5.76 Å². The molecule has 0 saturated heterocycles. The summed E-state index contributed by atoms with van der Waals surface area (Å²) >= 11 is 1.87. The van der Waals surface area contributed by atoms with Crippen LogP contribution < -0.4 is 5.32 Å². The van der Waals surface area contributed by atoms with Crippen molar-refractivity contribution in [3.8, 4) is 0 Å². The summed E-state index contributed by atoms with van der Waals surface area (Å²) in [5, 5.41) is 3.31. The molecule has 1 aromatic rings. The molecule has 0 aromatic heterocycles. The highest BCUT2D eigenvalue weighted by Gasteiger charge is 2.17. The topological polar surface area (TPSA) is 21.3 Å². The Balaban J connectivity index is 1.89. The van der Waals surface area contributed by atoms with Crippen molar-refractivity contribution in [1.29, 1.82) is 0 Å². The van der Waals surface area contributed by atoms with Gasteiger partial charge in [0.05, 0.1) is 12.6 Å². The van der Waals surface area contributed by atoms with Crippen LogP contribution in [0.25, 0.3) is 0 Å². The van der Waals surface area contributed by atoms with Crippen molar-refractivity contribution in [3.05, 3.63) is 41.7 Å². The second-order valence-electron chi connectivity index (χ2n) is 4.21. The number of likely N-dealkylation sites (N-methyl/N-ethyl adjacent to an activating group) is 1. The molecule has 1 N–H and O–H groups in total. The Bertz CT molecular complexity index is 386. The predicted molar refractivity (Wildman–Crippen MR) is 73.4 cm³/mol. The normalized spacial score (nSPS) is 16.5. The maximum absolute atomic E-state index is 5.60. The average Bonchev–Trinajstić information content (AvgIpc) is 2.86. The van der Waals surface area contributed by atoms with Gasteiger partial charge < -0.3 is 10.1 Å². The van der Waals surface area contributed by atoms with Crippen LogP contribution in [0.15, 0.2) is 41.0 Å². The van der Waals surface area contributed by atoms with E-state index in [1.165, 1.54) is 10.5 Å². The van der Waals surface area contributed by atoms with Crippen LogP contribution in [-0.4, -0.2) is 25.4 Å². The fraction of sp³-hybridized carbons (Fsp3) is 0.429. The second kappa shape index (κ2) is 6.12. The highest BCUT2D eigenvalue weighted by molar-refractivity contribution is 7.99. The van der Waals surface area contributed by atoms with E-state index in [1.807, 2.05) is 18.8 Å². The zero-order valence-electron chi connectivity index (χ0n) is 10.4. The second-order valence-corrected chi connectivity index (χ2v) is 5.30. The van der Waals surface area contributed by atoms with Crippen molar-refractivity contribution >= 4 is 11.8 Å². The van der Waals surface area contributed by atoms with Crippen LogP contribution in [0.5, 0.6) is 0 Å². The Morgan fingerprint density at radius 1 is 1.35 bits per heavy atom. The fourth-order valence-corrected chi connectivity index (χ4v) is 2.82. The van der Waals surface area contributed by atoms with Crippen LogP contribution in [0, 0.1) is 6.92 Å². The summed E-state index contributed by atoms with van der Waals surface area (Å²) in [5.41, 5.74) is 1.31. The molecule has 2 rings (SSSR count). The number of aryl methyl sites for hydroxylation is 1. The minimum atomic E-state index is 0.323. The van der Waals surface area contributed by atoms with Gasteiger partial charge in [0.15, 0.2) is 0 Å². The van der Waals surface area contributed by atoms with Crippen LogP contribution in [0.2, 0.25) is 0 Å². The Labute approximate surface area is 107 Å². The average molecular weight is 249 g/mol. The monoisotopic (exact) mass is 249 g/mol. The molecular weight excluding hydrogens is 230 g/mol. The Kier molecular flexibility index (Phi) is 4.51. The highest BCUT2D eigenvalue weighted by Crippen LogP contribution is 2.23. The van der Waals surface area contributed by atoms with Gasteiger partial charge in [-0.1, -0.05) is 17.7 Å². The summed E-state index contributed by atoms with van der Waals surface area (Å²) in [6, 6.07) is 8.99. The molecule has 2 nitrogen and oxygen atoms in total. The summed E-state index contributed by atoms with van der Waals surface area (Å²) in [6.07, 6.45) is 3.24. The van der Waals surface area contributed by atoms with Crippen LogP contribution >= 0.6 is 11.8 Å². The van der Waals surface area contributed by atoms with E-state index in [1.54, 1.807) is 0 Å². The molecule has 1 aromatic carbocycles. The first-order valence-electron chi connectivity index (χ1n) is 5.99. The van der Waals surface area contributed by atoms with Crippen molar-refractivity contribution in [2.75, 3.05) is 19.4 Å². The lowest BCUT2D eigenvalue weighted by atomic mass is 10.2. The van der Waals surface area contributed by atoms with Crippen LogP contribution in [0.1, 0.15) is 12.0 Å². The zero-order valence-corrected chi connectivity index (χ0v) is 11.2. The number of ether oxygens (including phenoxy) is 1. The zero-order chi connectivity index (χ0) is 12.1. The molecule has 0 aliphatic carbocycles. The Hall–Kier alpha value is -0.930. The molecule has 0 amide bonds. The maximum atomic E-state index is 5.60. The number of nitrogens with one attached hydrogen (secondary N) is 1. The standard InChI is InChI=1S/C14H19NOS/c1-11-5-7-12(8-6-11)17-10-13(15-2)14-4-3-9-16-14/h4-8,13,15H,3,9-10H2,1-2H3. The molecule has 17 heavy (non-hydrogen) atoms. The summed E-state index contributed by atoms with van der Waals surface area (Å²) in [6.45, 7) is 2.95. The van der Waals surface area contributed by atoms with Crippen molar-refractivity contribution in [2.24, 2.45) is 0 Å². The summed E-state index contributed by atoms with van der Waals surface area (Å²) < 4.78 is 5.60. The molecule has 1 aliphatic rings. The van der Waals surface area contributed by atoms with Gasteiger partial charge in [-0.2, -0.15) is 0 Å². The summed E-state index contributed by atoms with van der Waals surface area (Å²) in [4.78, 5) is 1.31. The molecule has 0 spiro atoms. The molecule has 92 valence electrons. The van der Waals surface area contributed by atoms with E-state index >= 15 is 0 Å². The Morgan fingerprint density at radius 3 is 2.71 bits per heavy atom. The summed E-state index contributed by atoms with van der Waals surface area (Å²) in [7, 11) is 1.99. The molecule has 0 radical (unpaired) electrons. The quantitative estimate of drug-likeness (QED) is 0.811. The molecule has 1 aliphatic heterocycles. The molecule has 1 unspecified atom stereocenters. The van der Waals surface area contributed by atoms with Crippen molar-refractivity contribution in [2.45, 2.75) is 24.3 Å². The van der Waals surface area contributed by atoms with Gasteiger partial charge in [-0.25, -0.2) is 0 Å². The first kappa shape index (κ1) is 12.5. The summed E-state index contributed by atoms with van der Waals surface area (Å²) in [5.74, 6) is 2.11. The number of hydrogen-bond acceptors (Lipinski definition) is 3.